The quantitative estimate of drug-likeness (QED) is 0.632. The Kier molecular flexibility index (Phi) is 4.93. The van der Waals surface area contributed by atoms with Gasteiger partial charge in [0.15, 0.2) is 0 Å². The van der Waals surface area contributed by atoms with Gasteiger partial charge in [0.05, 0.1) is 18.8 Å². The molecule has 0 heterocycles. The monoisotopic (exact) mass is 262 g/mol. The van der Waals surface area contributed by atoms with Crippen LogP contribution in [0.3, 0.4) is 0 Å². The van der Waals surface area contributed by atoms with Gasteiger partial charge < -0.3 is 15.2 Å². The summed E-state index contributed by atoms with van der Waals surface area (Å²) in [5.41, 5.74) is 7.30. The molecular formula is C15H22N2O2. The first kappa shape index (κ1) is 14.0. The molecule has 4 heteroatoms. The van der Waals surface area contributed by atoms with E-state index in [0.29, 0.717) is 12.7 Å². The molecule has 1 fully saturated rings. The first-order valence-electron chi connectivity index (χ1n) is 6.76. The summed E-state index contributed by atoms with van der Waals surface area (Å²) in [5, 5.41) is 7.43. The molecule has 1 aliphatic carbocycles. The maximum absolute atomic E-state index is 7.43. The number of methoxy groups -OCH3 is 1. The Bertz CT molecular complexity index is 434. The third kappa shape index (κ3) is 4.04. The number of ether oxygens (including phenoxy) is 2. The summed E-state index contributed by atoms with van der Waals surface area (Å²) in [6.45, 7) is 0.572. The maximum Gasteiger partial charge on any atom is 0.122 e. The van der Waals surface area contributed by atoms with Gasteiger partial charge in [-0.05, 0) is 37.3 Å². The normalized spacial score (nSPS) is 23.2. The number of nitrogen functional groups attached to an aromatic ring is 1. The highest BCUT2D eigenvalue weighted by molar-refractivity contribution is 5.95. The zero-order valence-electron chi connectivity index (χ0n) is 11.4. The van der Waals surface area contributed by atoms with Crippen LogP contribution in [0.1, 0.15) is 36.8 Å². The zero-order chi connectivity index (χ0) is 13.7. The lowest BCUT2D eigenvalue weighted by molar-refractivity contribution is -0.0363. The van der Waals surface area contributed by atoms with E-state index in [1.807, 2.05) is 24.3 Å². The van der Waals surface area contributed by atoms with Crippen LogP contribution in [-0.4, -0.2) is 25.2 Å². The summed E-state index contributed by atoms with van der Waals surface area (Å²) in [6, 6.07) is 7.67. The van der Waals surface area contributed by atoms with Gasteiger partial charge in [-0.1, -0.05) is 18.2 Å². The molecule has 2 unspecified atom stereocenters. The first-order chi connectivity index (χ1) is 9.19. The van der Waals surface area contributed by atoms with Crippen LogP contribution in [0.2, 0.25) is 0 Å². The summed E-state index contributed by atoms with van der Waals surface area (Å²) in [5.74, 6) is 0.0963. The van der Waals surface area contributed by atoms with E-state index in [-0.39, 0.29) is 11.9 Å². The van der Waals surface area contributed by atoms with Crippen molar-refractivity contribution >= 4 is 5.84 Å². The van der Waals surface area contributed by atoms with Crippen molar-refractivity contribution < 1.29 is 9.47 Å². The Hall–Kier alpha value is -1.39. The summed E-state index contributed by atoms with van der Waals surface area (Å²) in [7, 11) is 1.77. The van der Waals surface area contributed by atoms with Gasteiger partial charge in [0.1, 0.15) is 5.84 Å². The fourth-order valence-electron chi connectivity index (χ4n) is 2.51. The van der Waals surface area contributed by atoms with Crippen LogP contribution in [0, 0.1) is 5.41 Å². The fourth-order valence-corrected chi connectivity index (χ4v) is 2.51. The molecule has 0 saturated heterocycles. The topological polar surface area (TPSA) is 68.3 Å². The van der Waals surface area contributed by atoms with E-state index in [0.717, 1.165) is 36.8 Å². The lowest BCUT2D eigenvalue weighted by Crippen LogP contribution is -2.27. The molecule has 2 rings (SSSR count). The van der Waals surface area contributed by atoms with Crippen molar-refractivity contribution in [1.29, 1.82) is 5.41 Å². The third-order valence-electron chi connectivity index (χ3n) is 3.64. The molecule has 0 spiro atoms. The lowest BCUT2D eigenvalue weighted by Gasteiger charge is -2.28. The van der Waals surface area contributed by atoms with Crippen LogP contribution in [0.25, 0.3) is 0 Å². The molecule has 2 atom stereocenters. The van der Waals surface area contributed by atoms with Gasteiger partial charge in [-0.15, -0.1) is 0 Å². The molecule has 1 aromatic carbocycles. The lowest BCUT2D eigenvalue weighted by atomic mass is 9.95. The van der Waals surface area contributed by atoms with E-state index < -0.39 is 0 Å². The van der Waals surface area contributed by atoms with Crippen molar-refractivity contribution in [2.24, 2.45) is 5.73 Å². The molecule has 0 amide bonds. The van der Waals surface area contributed by atoms with Gasteiger partial charge in [-0.3, -0.25) is 5.41 Å². The predicted octanol–water partition coefficient (Wildman–Crippen LogP) is 2.44. The Morgan fingerprint density at radius 3 is 2.89 bits per heavy atom. The second kappa shape index (κ2) is 6.68. The number of nitrogens with one attached hydrogen (secondary N) is 1. The zero-order valence-corrected chi connectivity index (χ0v) is 11.4. The van der Waals surface area contributed by atoms with Crippen molar-refractivity contribution in [3.05, 3.63) is 35.4 Å². The van der Waals surface area contributed by atoms with Crippen LogP contribution in [-0.2, 0) is 16.1 Å². The number of nitrogens with two attached hydrogens (primary N) is 1. The average molecular weight is 262 g/mol. The van der Waals surface area contributed by atoms with Crippen LogP contribution >= 0.6 is 0 Å². The summed E-state index contributed by atoms with van der Waals surface area (Å²) in [4.78, 5) is 0. The number of hydrogen-bond donors (Lipinski definition) is 2. The summed E-state index contributed by atoms with van der Waals surface area (Å²) in [6.07, 6.45) is 4.99. The maximum atomic E-state index is 7.43. The molecule has 1 saturated carbocycles. The van der Waals surface area contributed by atoms with Gasteiger partial charge in [-0.25, -0.2) is 0 Å². The van der Waals surface area contributed by atoms with E-state index in [9.17, 15) is 0 Å². The van der Waals surface area contributed by atoms with Gasteiger partial charge in [0.2, 0.25) is 0 Å². The van der Waals surface area contributed by atoms with Crippen molar-refractivity contribution in [1.82, 2.24) is 0 Å². The van der Waals surface area contributed by atoms with Crippen molar-refractivity contribution in [3.63, 3.8) is 0 Å². The highest BCUT2D eigenvalue weighted by Crippen LogP contribution is 2.24. The Labute approximate surface area is 114 Å². The van der Waals surface area contributed by atoms with E-state index in [2.05, 4.69) is 0 Å². The SMILES string of the molecule is COC1CCCC(OCc2cccc(C(=N)N)c2)C1. The number of rotatable bonds is 5. The largest absolute Gasteiger partial charge is 0.384 e. The standard InChI is InChI=1S/C15H22N2O2/c1-18-13-6-3-7-14(9-13)19-10-11-4-2-5-12(8-11)15(16)17/h2,4-5,8,13-14H,3,6-7,9-10H2,1H3,(H3,16,17). The first-order valence-corrected chi connectivity index (χ1v) is 6.76. The second-order valence-electron chi connectivity index (χ2n) is 5.07. The number of hydrogen-bond acceptors (Lipinski definition) is 3. The minimum absolute atomic E-state index is 0.0963. The van der Waals surface area contributed by atoms with Crippen molar-refractivity contribution in [3.8, 4) is 0 Å². The molecule has 0 radical (unpaired) electrons. The number of amidine groups is 1. The van der Waals surface area contributed by atoms with E-state index in [1.165, 1.54) is 0 Å². The van der Waals surface area contributed by atoms with Crippen LogP contribution < -0.4 is 5.73 Å². The van der Waals surface area contributed by atoms with Crippen molar-refractivity contribution in [2.75, 3.05) is 7.11 Å². The fraction of sp³-hybridized carbons (Fsp3) is 0.533. The Morgan fingerprint density at radius 1 is 1.37 bits per heavy atom. The van der Waals surface area contributed by atoms with Gasteiger partial charge in [-0.2, -0.15) is 0 Å². The Morgan fingerprint density at radius 2 is 2.16 bits per heavy atom. The second-order valence-corrected chi connectivity index (χ2v) is 5.07. The molecule has 19 heavy (non-hydrogen) atoms. The molecule has 1 aromatic rings. The third-order valence-corrected chi connectivity index (χ3v) is 3.64. The molecule has 0 aliphatic heterocycles. The predicted molar refractivity (Wildman–Crippen MR) is 75.3 cm³/mol. The molecular weight excluding hydrogens is 240 g/mol. The van der Waals surface area contributed by atoms with E-state index >= 15 is 0 Å². The van der Waals surface area contributed by atoms with Crippen LogP contribution in [0.4, 0.5) is 0 Å². The smallest absolute Gasteiger partial charge is 0.122 e. The molecule has 1 aliphatic rings. The highest BCUT2D eigenvalue weighted by atomic mass is 16.5. The molecule has 0 aromatic heterocycles. The van der Waals surface area contributed by atoms with Crippen LogP contribution in [0.5, 0.6) is 0 Å². The summed E-state index contributed by atoms with van der Waals surface area (Å²) >= 11 is 0. The van der Waals surface area contributed by atoms with E-state index in [4.69, 9.17) is 20.6 Å². The summed E-state index contributed by atoms with van der Waals surface area (Å²) < 4.78 is 11.3. The average Bonchev–Trinajstić information content (AvgIpc) is 2.45. The minimum Gasteiger partial charge on any atom is -0.384 e. The Balaban J connectivity index is 1.88. The van der Waals surface area contributed by atoms with Crippen LogP contribution in [0.15, 0.2) is 24.3 Å². The van der Waals surface area contributed by atoms with Gasteiger partial charge >= 0.3 is 0 Å². The van der Waals surface area contributed by atoms with E-state index in [1.54, 1.807) is 7.11 Å². The molecule has 4 nitrogen and oxygen atoms in total. The van der Waals surface area contributed by atoms with Gasteiger partial charge in [0.25, 0.3) is 0 Å². The molecule has 3 N–H and O–H groups in total. The molecule has 104 valence electrons. The van der Waals surface area contributed by atoms with Crippen molar-refractivity contribution in [2.45, 2.75) is 44.5 Å². The minimum atomic E-state index is 0.0963. The number of benzene rings is 1. The molecule has 0 bridgehead atoms. The highest BCUT2D eigenvalue weighted by Gasteiger charge is 2.22. The van der Waals surface area contributed by atoms with Gasteiger partial charge in [0, 0.05) is 12.7 Å².